The van der Waals surface area contributed by atoms with Crippen molar-refractivity contribution in [1.82, 2.24) is 0 Å². The quantitative estimate of drug-likeness (QED) is 0.634. The van der Waals surface area contributed by atoms with Crippen molar-refractivity contribution in [3.05, 3.63) is 0 Å². The van der Waals surface area contributed by atoms with Crippen LogP contribution in [0.2, 0.25) is 0 Å². The van der Waals surface area contributed by atoms with Gasteiger partial charge in [-0.3, -0.25) is 0 Å². The van der Waals surface area contributed by atoms with Crippen LogP contribution in [0.25, 0.3) is 0 Å². The lowest BCUT2D eigenvalue weighted by Crippen LogP contribution is -2.11. The topological polar surface area (TPSA) is 18.5 Å². The predicted molar refractivity (Wildman–Crippen MR) is 85.1 cm³/mol. The largest absolute Gasteiger partial charge is 0.382 e. The van der Waals surface area contributed by atoms with E-state index >= 15 is 0 Å². The Morgan fingerprint density at radius 3 is 0.941 bits per heavy atom. The Hall–Kier alpha value is -0.0800. The molecule has 0 radical (unpaired) electrons. The lowest BCUT2D eigenvalue weighted by atomic mass is 10.4. The Bertz CT molecular complexity index is 39.9. The smallest absolute Gasteiger partial charge is 0.0776 e. The van der Waals surface area contributed by atoms with E-state index in [9.17, 15) is 0 Å². The molecule has 0 aliphatic heterocycles. The summed E-state index contributed by atoms with van der Waals surface area (Å²) in [4.78, 5) is 0. The highest BCUT2D eigenvalue weighted by molar-refractivity contribution is 4.41. The van der Waals surface area contributed by atoms with E-state index in [1.54, 1.807) is 14.2 Å². The van der Waals surface area contributed by atoms with Crippen LogP contribution in [0.4, 0.5) is 0 Å². The molecule has 0 amide bonds. The van der Waals surface area contributed by atoms with Gasteiger partial charge in [-0.25, -0.2) is 0 Å². The summed E-state index contributed by atoms with van der Waals surface area (Å²) >= 11 is 0. The van der Waals surface area contributed by atoms with Crippen LogP contribution in [-0.4, -0.2) is 26.9 Å². The van der Waals surface area contributed by atoms with Crippen LogP contribution < -0.4 is 0 Å². The van der Waals surface area contributed by atoms with Crippen molar-refractivity contribution in [3.8, 4) is 0 Å². The van der Waals surface area contributed by atoms with Gasteiger partial charge >= 0.3 is 0 Å². The molecule has 0 fully saturated rings. The number of rotatable bonds is 3. The average molecular weight is 254 g/mol. The van der Waals surface area contributed by atoms with Crippen LogP contribution in [0.3, 0.4) is 0 Å². The van der Waals surface area contributed by atoms with Gasteiger partial charge in [0.15, 0.2) is 0 Å². The highest BCUT2D eigenvalue weighted by Crippen LogP contribution is 1.84. The first kappa shape index (κ1) is 36.0. The Kier molecular flexibility index (Phi) is 214. The summed E-state index contributed by atoms with van der Waals surface area (Å²) in [5.74, 6) is 0. The molecule has 0 N–H and O–H groups in total. The summed E-state index contributed by atoms with van der Waals surface area (Å²) in [6.45, 7) is 22.6. The zero-order valence-corrected chi connectivity index (χ0v) is 15.1. The van der Waals surface area contributed by atoms with Gasteiger partial charge in [-0.15, -0.1) is 0 Å². The second-order valence-corrected chi connectivity index (χ2v) is 1.50. The number of ether oxygens (including phenoxy) is 2. The first-order chi connectivity index (χ1) is 8.31. The number of methoxy groups -OCH3 is 2. The van der Waals surface area contributed by atoms with Gasteiger partial charge < -0.3 is 9.47 Å². The molecule has 0 aliphatic carbocycles. The monoisotopic (exact) mass is 254 g/mol. The Balaban J connectivity index is -0.0000000257. The van der Waals surface area contributed by atoms with Crippen molar-refractivity contribution in [3.63, 3.8) is 0 Å². The third-order valence-electron chi connectivity index (χ3n) is 0.804. The fraction of sp³-hybridized carbons (Fsp3) is 1.00. The first-order valence-corrected chi connectivity index (χ1v) is 7.33. The first-order valence-electron chi connectivity index (χ1n) is 7.33. The second kappa shape index (κ2) is 101. The Labute approximate surface area is 113 Å². The third-order valence-corrected chi connectivity index (χ3v) is 0.804. The minimum Gasteiger partial charge on any atom is -0.382 e. The maximum absolute atomic E-state index is 4.87. The van der Waals surface area contributed by atoms with Crippen LogP contribution in [-0.2, 0) is 9.47 Å². The second-order valence-electron chi connectivity index (χ2n) is 1.50. The lowest BCUT2D eigenvalue weighted by molar-refractivity contribution is 0.0401. The van der Waals surface area contributed by atoms with E-state index in [0.29, 0.717) is 6.61 Å². The van der Waals surface area contributed by atoms with E-state index in [2.05, 4.69) is 0 Å². The minimum absolute atomic E-state index is 0.227. The molecule has 0 spiro atoms. The van der Waals surface area contributed by atoms with Crippen molar-refractivity contribution in [2.45, 2.75) is 82.3 Å². The van der Waals surface area contributed by atoms with E-state index < -0.39 is 0 Å². The maximum Gasteiger partial charge on any atom is 0.0776 e. The highest BCUT2D eigenvalue weighted by atomic mass is 16.5. The van der Waals surface area contributed by atoms with Gasteiger partial charge in [-0.05, 0) is 6.92 Å². The maximum atomic E-state index is 4.87. The molecule has 0 rings (SSSR count). The highest BCUT2D eigenvalue weighted by Gasteiger charge is 1.93. The van der Waals surface area contributed by atoms with Crippen molar-refractivity contribution in [2.75, 3.05) is 20.8 Å². The van der Waals surface area contributed by atoms with Crippen LogP contribution in [0.5, 0.6) is 0 Å². The lowest BCUT2D eigenvalue weighted by Gasteiger charge is -2.05. The zero-order chi connectivity index (χ0) is 15.7. The van der Waals surface area contributed by atoms with E-state index in [0.717, 1.165) is 0 Å². The molecule has 0 bridgehead atoms. The van der Waals surface area contributed by atoms with Crippen molar-refractivity contribution < 1.29 is 9.47 Å². The van der Waals surface area contributed by atoms with Gasteiger partial charge in [0.2, 0.25) is 0 Å². The SMILES string of the molecule is CC.CC.CC.CC.CC.COCC(C)OC. The molecule has 0 saturated carbocycles. The van der Waals surface area contributed by atoms with E-state index in [-0.39, 0.29) is 6.10 Å². The van der Waals surface area contributed by atoms with Crippen molar-refractivity contribution >= 4 is 0 Å². The van der Waals surface area contributed by atoms with Crippen molar-refractivity contribution in [2.24, 2.45) is 0 Å². The van der Waals surface area contributed by atoms with Gasteiger partial charge in [0.25, 0.3) is 0 Å². The molecule has 114 valence electrons. The van der Waals surface area contributed by atoms with Gasteiger partial charge in [0.05, 0.1) is 12.7 Å². The molecule has 0 aliphatic rings. The zero-order valence-electron chi connectivity index (χ0n) is 15.1. The minimum atomic E-state index is 0.227. The van der Waals surface area contributed by atoms with Crippen LogP contribution >= 0.6 is 0 Å². The third kappa shape index (κ3) is 127. The molecule has 1 unspecified atom stereocenters. The molecule has 0 aromatic heterocycles. The molecule has 0 aromatic carbocycles. The Morgan fingerprint density at radius 2 is 0.882 bits per heavy atom. The molecule has 0 heterocycles. The summed E-state index contributed by atoms with van der Waals surface area (Å²) in [6.07, 6.45) is 0.227. The predicted octanol–water partition coefficient (Wildman–Crippen LogP) is 5.80. The van der Waals surface area contributed by atoms with Gasteiger partial charge in [-0.1, -0.05) is 69.2 Å². The molecule has 17 heavy (non-hydrogen) atoms. The summed E-state index contributed by atoms with van der Waals surface area (Å²) in [7, 11) is 3.33. The molecule has 2 nitrogen and oxygen atoms in total. The molecular weight excluding hydrogens is 212 g/mol. The van der Waals surface area contributed by atoms with Gasteiger partial charge in [-0.2, -0.15) is 0 Å². The van der Waals surface area contributed by atoms with Gasteiger partial charge in [0, 0.05) is 14.2 Å². The van der Waals surface area contributed by atoms with Crippen LogP contribution in [0.15, 0.2) is 0 Å². The average Bonchev–Trinajstić information content (AvgIpc) is 2.49. The van der Waals surface area contributed by atoms with Crippen LogP contribution in [0.1, 0.15) is 76.2 Å². The van der Waals surface area contributed by atoms with E-state index in [4.69, 9.17) is 9.47 Å². The van der Waals surface area contributed by atoms with Gasteiger partial charge in [0.1, 0.15) is 0 Å². The summed E-state index contributed by atoms with van der Waals surface area (Å²) in [6, 6.07) is 0. The summed E-state index contributed by atoms with van der Waals surface area (Å²) in [5.41, 5.74) is 0. The fourth-order valence-corrected chi connectivity index (χ4v) is 0.303. The number of hydrogen-bond acceptors (Lipinski definition) is 2. The summed E-state index contributed by atoms with van der Waals surface area (Å²) in [5, 5.41) is 0. The molecular formula is C15H42O2. The number of hydrogen-bond donors (Lipinski definition) is 0. The molecule has 2 heteroatoms. The molecule has 1 atom stereocenters. The normalized spacial score (nSPS) is 7.59. The fourth-order valence-electron chi connectivity index (χ4n) is 0.303. The van der Waals surface area contributed by atoms with Crippen LogP contribution in [0, 0.1) is 0 Å². The van der Waals surface area contributed by atoms with E-state index in [1.807, 2.05) is 76.2 Å². The van der Waals surface area contributed by atoms with Crippen molar-refractivity contribution in [1.29, 1.82) is 0 Å². The Morgan fingerprint density at radius 1 is 0.647 bits per heavy atom. The molecule has 0 aromatic rings. The standard InChI is InChI=1S/C5H12O2.5C2H6/c1-5(7-3)4-6-2;5*1-2/h5H,4H2,1-3H3;5*1-2H3. The molecule has 0 saturated heterocycles. The summed E-state index contributed by atoms with van der Waals surface area (Å²) < 4.78 is 9.64. The van der Waals surface area contributed by atoms with E-state index in [1.165, 1.54) is 0 Å².